The first-order valence-electron chi connectivity index (χ1n) is 5.06. The molecule has 3 heteroatoms. The zero-order chi connectivity index (χ0) is 11.1. The number of ketones is 1. The lowest BCUT2D eigenvalue weighted by Crippen LogP contribution is -2.42. The molecule has 0 aromatic carbocycles. The summed E-state index contributed by atoms with van der Waals surface area (Å²) in [6, 6.07) is 0. The van der Waals surface area contributed by atoms with Crippen LogP contribution in [-0.2, 0) is 4.79 Å². The Labute approximate surface area is 103 Å². The fourth-order valence-electron chi connectivity index (χ4n) is 2.41. The number of carbonyl (C=O) groups excluding carboxylic acids is 1. The maximum absolute atomic E-state index is 12.1. The largest absolute Gasteiger partial charge is 0.297 e. The molecule has 14 heavy (non-hydrogen) atoms. The van der Waals surface area contributed by atoms with Crippen molar-refractivity contribution in [2.75, 3.05) is 0 Å². The molecule has 0 unspecified atom stereocenters. The molecule has 0 amide bonds. The van der Waals surface area contributed by atoms with Gasteiger partial charge in [-0.3, -0.25) is 4.79 Å². The van der Waals surface area contributed by atoms with Gasteiger partial charge < -0.3 is 0 Å². The Bertz CT molecular complexity index is 248. The van der Waals surface area contributed by atoms with Crippen molar-refractivity contribution in [3.63, 3.8) is 0 Å². The topological polar surface area (TPSA) is 17.1 Å². The molecule has 0 N–H and O–H groups in total. The van der Waals surface area contributed by atoms with Gasteiger partial charge in [-0.25, -0.2) is 0 Å². The molecule has 1 aliphatic carbocycles. The average Bonchev–Trinajstić information content (AvgIpc) is 2.29. The van der Waals surface area contributed by atoms with Gasteiger partial charge in [0.25, 0.3) is 0 Å². The molecular formula is C11H18Br2O. The number of hydrogen-bond acceptors (Lipinski definition) is 1. The molecule has 0 aromatic heterocycles. The van der Waals surface area contributed by atoms with E-state index < -0.39 is 0 Å². The third kappa shape index (κ3) is 1.71. The highest BCUT2D eigenvalue weighted by Gasteiger charge is 2.54. The van der Waals surface area contributed by atoms with E-state index in [1.165, 1.54) is 0 Å². The van der Waals surface area contributed by atoms with Crippen LogP contribution in [0.25, 0.3) is 0 Å². The van der Waals surface area contributed by atoms with Crippen LogP contribution in [0.5, 0.6) is 0 Å². The van der Waals surface area contributed by atoms with Crippen LogP contribution in [0.3, 0.4) is 0 Å². The molecule has 1 rings (SSSR count). The molecule has 0 radical (unpaired) electrons. The van der Waals surface area contributed by atoms with Gasteiger partial charge in [0.15, 0.2) is 5.78 Å². The lowest BCUT2D eigenvalue weighted by molar-refractivity contribution is -0.131. The highest BCUT2D eigenvalue weighted by atomic mass is 79.9. The molecule has 1 saturated carbocycles. The van der Waals surface area contributed by atoms with Crippen LogP contribution in [-0.4, -0.2) is 9.52 Å². The molecule has 1 fully saturated rings. The Hall–Kier alpha value is 0.630. The fraction of sp³-hybridized carbons (Fsp3) is 0.909. The summed E-state index contributed by atoms with van der Waals surface area (Å²) in [5, 5.41) is 0. The van der Waals surface area contributed by atoms with Crippen LogP contribution >= 0.6 is 31.9 Å². The maximum Gasteiger partial charge on any atom is 0.163 e. The summed E-state index contributed by atoms with van der Waals surface area (Å²) in [6.45, 7) is 8.78. The molecule has 0 spiro atoms. The summed E-state index contributed by atoms with van der Waals surface area (Å²) in [5.74, 6) is 0.905. The monoisotopic (exact) mass is 324 g/mol. The van der Waals surface area contributed by atoms with Crippen molar-refractivity contribution >= 4 is 37.6 Å². The summed E-state index contributed by atoms with van der Waals surface area (Å²) in [5.41, 5.74) is -0.0893. The van der Waals surface area contributed by atoms with E-state index in [0.717, 1.165) is 12.8 Å². The first-order valence-corrected chi connectivity index (χ1v) is 6.89. The van der Waals surface area contributed by atoms with Gasteiger partial charge >= 0.3 is 0 Å². The molecule has 0 aromatic rings. The number of alkyl halides is 2. The summed E-state index contributed by atoms with van der Waals surface area (Å²) in [7, 11) is 0. The summed E-state index contributed by atoms with van der Waals surface area (Å²) in [4.78, 5) is 12.1. The first-order chi connectivity index (χ1) is 6.23. The number of hydrogen-bond donors (Lipinski definition) is 0. The van der Waals surface area contributed by atoms with E-state index >= 15 is 0 Å². The zero-order valence-electron chi connectivity index (χ0n) is 9.23. The van der Waals surface area contributed by atoms with Crippen molar-refractivity contribution in [2.45, 2.75) is 44.3 Å². The lowest BCUT2D eigenvalue weighted by atomic mass is 9.64. The van der Waals surface area contributed by atoms with E-state index in [9.17, 15) is 4.79 Å². The Kier molecular flexibility index (Phi) is 3.53. The molecule has 0 saturated heterocycles. The quantitative estimate of drug-likeness (QED) is 0.697. The molecule has 0 bridgehead atoms. The van der Waals surface area contributed by atoms with Crippen LogP contribution < -0.4 is 0 Å². The molecule has 0 aliphatic heterocycles. The zero-order valence-corrected chi connectivity index (χ0v) is 12.4. The van der Waals surface area contributed by atoms with Crippen molar-refractivity contribution in [3.05, 3.63) is 0 Å². The van der Waals surface area contributed by atoms with E-state index in [1.807, 2.05) is 0 Å². The first kappa shape index (κ1) is 12.7. The van der Waals surface area contributed by atoms with Gasteiger partial charge in [-0.2, -0.15) is 0 Å². The Morgan fingerprint density at radius 2 is 1.86 bits per heavy atom. The van der Waals surface area contributed by atoms with Gasteiger partial charge in [-0.1, -0.05) is 59.6 Å². The highest BCUT2D eigenvalue weighted by Crippen LogP contribution is 2.57. The number of Topliss-reactive ketones (excluding diaryl/α,β-unsaturated/α-hetero) is 1. The van der Waals surface area contributed by atoms with Gasteiger partial charge in [0.1, 0.15) is 3.74 Å². The third-order valence-corrected chi connectivity index (χ3v) is 5.31. The van der Waals surface area contributed by atoms with Gasteiger partial charge in [0.2, 0.25) is 0 Å². The number of halogens is 2. The highest BCUT2D eigenvalue weighted by molar-refractivity contribution is 9.25. The summed E-state index contributed by atoms with van der Waals surface area (Å²) in [6.07, 6.45) is 2.16. The third-order valence-electron chi connectivity index (χ3n) is 4.47. The van der Waals surface area contributed by atoms with E-state index in [1.54, 1.807) is 0 Å². The second-order valence-corrected chi connectivity index (χ2v) is 8.22. The lowest BCUT2D eigenvalue weighted by Gasteiger charge is -2.40. The van der Waals surface area contributed by atoms with Crippen LogP contribution in [0.15, 0.2) is 0 Å². The van der Waals surface area contributed by atoms with Gasteiger partial charge in [-0.15, -0.1) is 0 Å². The van der Waals surface area contributed by atoms with Crippen molar-refractivity contribution in [2.24, 2.45) is 16.7 Å². The average molecular weight is 326 g/mol. The van der Waals surface area contributed by atoms with Gasteiger partial charge in [-0.05, 0) is 24.2 Å². The van der Waals surface area contributed by atoms with Crippen molar-refractivity contribution < 1.29 is 4.79 Å². The van der Waals surface area contributed by atoms with E-state index in [-0.39, 0.29) is 20.3 Å². The molecule has 2 atom stereocenters. The Morgan fingerprint density at radius 3 is 2.14 bits per heavy atom. The Balaban J connectivity index is 3.01. The summed E-state index contributed by atoms with van der Waals surface area (Å²) < 4.78 is -0.204. The molecule has 1 nitrogen and oxygen atoms in total. The molecular weight excluding hydrogens is 308 g/mol. The van der Waals surface area contributed by atoms with E-state index in [2.05, 4.69) is 59.6 Å². The Morgan fingerprint density at radius 1 is 1.36 bits per heavy atom. The SMILES string of the molecule is C[C@@H]1CC[C@@](C)(C(=O)C(Br)Br)C1(C)C. The van der Waals surface area contributed by atoms with Crippen LogP contribution in [0, 0.1) is 16.7 Å². The normalized spacial score (nSPS) is 36.4. The fourth-order valence-corrected chi connectivity index (χ4v) is 3.42. The van der Waals surface area contributed by atoms with Gasteiger partial charge in [0, 0.05) is 5.41 Å². The van der Waals surface area contributed by atoms with Crippen molar-refractivity contribution in [1.82, 2.24) is 0 Å². The van der Waals surface area contributed by atoms with Crippen molar-refractivity contribution in [1.29, 1.82) is 0 Å². The van der Waals surface area contributed by atoms with Gasteiger partial charge in [0.05, 0.1) is 0 Å². The second-order valence-electron chi connectivity index (χ2n) is 5.16. The molecule has 0 heterocycles. The number of rotatable bonds is 2. The summed E-state index contributed by atoms with van der Waals surface area (Å²) >= 11 is 6.65. The van der Waals surface area contributed by atoms with Crippen molar-refractivity contribution in [3.8, 4) is 0 Å². The maximum atomic E-state index is 12.1. The second kappa shape index (κ2) is 3.89. The van der Waals surface area contributed by atoms with Crippen LogP contribution in [0.1, 0.15) is 40.5 Å². The smallest absolute Gasteiger partial charge is 0.163 e. The minimum absolute atomic E-state index is 0.101. The van der Waals surface area contributed by atoms with Crippen LogP contribution in [0.4, 0.5) is 0 Å². The predicted molar refractivity (Wildman–Crippen MR) is 66.9 cm³/mol. The predicted octanol–water partition coefficient (Wildman–Crippen LogP) is 4.13. The van der Waals surface area contributed by atoms with E-state index in [0.29, 0.717) is 5.92 Å². The number of carbonyl (C=O) groups is 1. The van der Waals surface area contributed by atoms with Crippen LogP contribution in [0.2, 0.25) is 0 Å². The molecule has 82 valence electrons. The molecule has 1 aliphatic rings. The minimum atomic E-state index is -0.204. The standard InChI is InChI=1S/C11H18Br2O/c1-7-5-6-11(4,10(7,2)3)8(14)9(12)13/h7,9H,5-6H2,1-4H3/t7-,11+/m1/s1. The minimum Gasteiger partial charge on any atom is -0.297 e. The van der Waals surface area contributed by atoms with E-state index in [4.69, 9.17) is 0 Å².